The molecule has 0 bridgehead atoms. The van der Waals surface area contributed by atoms with Crippen LogP contribution in [0.15, 0.2) is 48.5 Å². The number of hydrogen-bond acceptors (Lipinski definition) is 2. The van der Waals surface area contributed by atoms with Gasteiger partial charge in [0.15, 0.2) is 0 Å². The zero-order chi connectivity index (χ0) is 13.9. The third-order valence-corrected chi connectivity index (χ3v) is 4.97. The molecule has 2 aromatic rings. The van der Waals surface area contributed by atoms with Gasteiger partial charge in [-0.1, -0.05) is 41.9 Å². The van der Waals surface area contributed by atoms with Crippen molar-refractivity contribution in [2.75, 3.05) is 4.72 Å². The molecule has 2 rings (SSSR count). The lowest BCUT2D eigenvalue weighted by Gasteiger charge is -2.10. The molecular formula is C13H11ClINO2S. The Balaban J connectivity index is 2.21. The molecule has 100 valence electrons. The Morgan fingerprint density at radius 1 is 1.05 bits per heavy atom. The molecule has 6 heteroatoms. The zero-order valence-electron chi connectivity index (χ0n) is 9.81. The normalized spacial score (nSPS) is 11.3. The van der Waals surface area contributed by atoms with Gasteiger partial charge in [0.25, 0.3) is 0 Å². The average Bonchev–Trinajstić information content (AvgIpc) is 2.35. The van der Waals surface area contributed by atoms with Crippen LogP contribution in [0, 0.1) is 3.57 Å². The highest BCUT2D eigenvalue weighted by atomic mass is 127. The van der Waals surface area contributed by atoms with Crippen LogP contribution in [0.4, 0.5) is 5.69 Å². The number of rotatable bonds is 4. The van der Waals surface area contributed by atoms with Crippen molar-refractivity contribution in [2.24, 2.45) is 0 Å². The van der Waals surface area contributed by atoms with E-state index in [1.54, 1.807) is 36.4 Å². The molecule has 0 radical (unpaired) electrons. The molecule has 0 aliphatic heterocycles. The number of sulfonamides is 1. The molecule has 0 fully saturated rings. The molecule has 0 amide bonds. The Kier molecular flexibility index (Phi) is 4.70. The first-order valence-corrected chi connectivity index (χ1v) is 8.57. The summed E-state index contributed by atoms with van der Waals surface area (Å²) in [6.45, 7) is 0. The van der Waals surface area contributed by atoms with Crippen molar-refractivity contribution >= 4 is 49.9 Å². The van der Waals surface area contributed by atoms with E-state index in [9.17, 15) is 8.42 Å². The summed E-state index contributed by atoms with van der Waals surface area (Å²) in [5, 5.41) is 0.454. The van der Waals surface area contributed by atoms with Crippen LogP contribution in [0.3, 0.4) is 0 Å². The fourth-order valence-electron chi connectivity index (χ4n) is 1.57. The third kappa shape index (κ3) is 4.09. The first-order valence-electron chi connectivity index (χ1n) is 5.46. The molecular weight excluding hydrogens is 397 g/mol. The van der Waals surface area contributed by atoms with Crippen LogP contribution >= 0.6 is 34.2 Å². The number of benzene rings is 2. The van der Waals surface area contributed by atoms with E-state index in [0.29, 0.717) is 16.3 Å². The molecule has 0 aromatic heterocycles. The van der Waals surface area contributed by atoms with Crippen molar-refractivity contribution in [3.05, 3.63) is 62.7 Å². The molecule has 0 spiro atoms. The minimum atomic E-state index is -3.47. The third-order valence-electron chi connectivity index (χ3n) is 2.44. The number of para-hydroxylation sites is 1. The Morgan fingerprint density at radius 3 is 2.37 bits per heavy atom. The van der Waals surface area contributed by atoms with E-state index < -0.39 is 10.0 Å². The van der Waals surface area contributed by atoms with Crippen molar-refractivity contribution in [1.29, 1.82) is 0 Å². The average molecular weight is 408 g/mol. The van der Waals surface area contributed by atoms with E-state index in [1.165, 1.54) is 0 Å². The molecule has 2 aromatic carbocycles. The van der Waals surface area contributed by atoms with Crippen LogP contribution in [-0.4, -0.2) is 8.42 Å². The second-order valence-electron chi connectivity index (χ2n) is 3.93. The molecule has 3 nitrogen and oxygen atoms in total. The highest BCUT2D eigenvalue weighted by molar-refractivity contribution is 14.1. The number of halogens is 2. The molecule has 19 heavy (non-hydrogen) atoms. The zero-order valence-corrected chi connectivity index (χ0v) is 13.5. The summed E-state index contributed by atoms with van der Waals surface area (Å²) >= 11 is 8.06. The summed E-state index contributed by atoms with van der Waals surface area (Å²) in [4.78, 5) is 0. The Bertz CT molecular complexity index is 635. The Labute approximate surface area is 131 Å². The molecule has 0 atom stereocenters. The summed E-state index contributed by atoms with van der Waals surface area (Å²) < 4.78 is 27.6. The van der Waals surface area contributed by atoms with E-state index in [2.05, 4.69) is 27.3 Å². The second kappa shape index (κ2) is 6.11. The number of hydrogen-bond donors (Lipinski definition) is 1. The van der Waals surface area contributed by atoms with Gasteiger partial charge < -0.3 is 0 Å². The minimum Gasteiger partial charge on any atom is -0.282 e. The minimum absolute atomic E-state index is 0.141. The maximum absolute atomic E-state index is 12.1. The van der Waals surface area contributed by atoms with E-state index in [0.717, 1.165) is 3.57 Å². The molecule has 0 saturated carbocycles. The smallest absolute Gasteiger partial charge is 0.237 e. The van der Waals surface area contributed by atoms with Gasteiger partial charge in [0.05, 0.1) is 11.4 Å². The first-order chi connectivity index (χ1) is 8.98. The molecule has 1 N–H and O–H groups in total. The van der Waals surface area contributed by atoms with Crippen LogP contribution in [0.2, 0.25) is 5.02 Å². The van der Waals surface area contributed by atoms with Crippen molar-refractivity contribution in [3.8, 4) is 0 Å². The lowest BCUT2D eigenvalue weighted by atomic mass is 10.2. The Morgan fingerprint density at radius 2 is 1.68 bits per heavy atom. The molecule has 0 unspecified atom stereocenters. The van der Waals surface area contributed by atoms with Gasteiger partial charge in [-0.25, -0.2) is 8.42 Å². The van der Waals surface area contributed by atoms with Gasteiger partial charge in [-0.3, -0.25) is 4.72 Å². The Hall–Kier alpha value is -0.790. The summed E-state index contributed by atoms with van der Waals surface area (Å²) in [6, 6.07) is 14.1. The molecule has 0 saturated heterocycles. The first kappa shape index (κ1) is 14.6. The largest absolute Gasteiger partial charge is 0.282 e. The predicted molar refractivity (Wildman–Crippen MR) is 86.9 cm³/mol. The quantitative estimate of drug-likeness (QED) is 0.782. The van der Waals surface area contributed by atoms with Gasteiger partial charge in [0.2, 0.25) is 10.0 Å². The van der Waals surface area contributed by atoms with Gasteiger partial charge in [0.1, 0.15) is 0 Å². The standard InChI is InChI=1S/C13H11ClINO2S/c14-11-6-2-1-5-10(11)9-19(17,18)16-13-8-4-3-7-12(13)15/h1-8,16H,9H2. The molecule has 0 aliphatic rings. The van der Waals surface area contributed by atoms with Gasteiger partial charge in [-0.2, -0.15) is 0 Å². The summed E-state index contributed by atoms with van der Waals surface area (Å²) in [5.74, 6) is -0.141. The van der Waals surface area contributed by atoms with E-state index in [1.807, 2.05) is 12.1 Å². The van der Waals surface area contributed by atoms with Crippen molar-refractivity contribution in [3.63, 3.8) is 0 Å². The highest BCUT2D eigenvalue weighted by Gasteiger charge is 2.14. The van der Waals surface area contributed by atoms with Gasteiger partial charge in [-0.05, 0) is 46.4 Å². The van der Waals surface area contributed by atoms with E-state index >= 15 is 0 Å². The van der Waals surface area contributed by atoms with Gasteiger partial charge in [-0.15, -0.1) is 0 Å². The lowest BCUT2D eigenvalue weighted by Crippen LogP contribution is -2.16. The summed E-state index contributed by atoms with van der Waals surface area (Å²) in [7, 11) is -3.47. The van der Waals surface area contributed by atoms with Crippen LogP contribution in [-0.2, 0) is 15.8 Å². The van der Waals surface area contributed by atoms with Crippen molar-refractivity contribution < 1.29 is 8.42 Å². The monoisotopic (exact) mass is 407 g/mol. The summed E-state index contributed by atoms with van der Waals surface area (Å²) in [6.07, 6.45) is 0. The van der Waals surface area contributed by atoms with E-state index in [4.69, 9.17) is 11.6 Å². The topological polar surface area (TPSA) is 46.2 Å². The molecule has 0 aliphatic carbocycles. The van der Waals surface area contributed by atoms with Crippen LogP contribution in [0.1, 0.15) is 5.56 Å². The lowest BCUT2D eigenvalue weighted by molar-refractivity contribution is 0.600. The van der Waals surface area contributed by atoms with Crippen LogP contribution in [0.5, 0.6) is 0 Å². The fraction of sp³-hybridized carbons (Fsp3) is 0.0769. The highest BCUT2D eigenvalue weighted by Crippen LogP contribution is 2.22. The van der Waals surface area contributed by atoms with Gasteiger partial charge in [0, 0.05) is 8.59 Å². The van der Waals surface area contributed by atoms with Gasteiger partial charge >= 0.3 is 0 Å². The number of nitrogens with one attached hydrogen (secondary N) is 1. The molecule has 0 heterocycles. The van der Waals surface area contributed by atoms with Crippen LogP contribution in [0.25, 0.3) is 0 Å². The van der Waals surface area contributed by atoms with Crippen molar-refractivity contribution in [2.45, 2.75) is 5.75 Å². The van der Waals surface area contributed by atoms with E-state index in [-0.39, 0.29) is 5.75 Å². The fourth-order valence-corrected chi connectivity index (χ4v) is 3.80. The maximum Gasteiger partial charge on any atom is 0.237 e. The maximum atomic E-state index is 12.1. The predicted octanol–water partition coefficient (Wildman–Crippen LogP) is 3.89. The SMILES string of the molecule is O=S(=O)(Cc1ccccc1Cl)Nc1ccccc1I. The summed E-state index contributed by atoms with van der Waals surface area (Å²) in [5.41, 5.74) is 1.16. The van der Waals surface area contributed by atoms with Crippen molar-refractivity contribution in [1.82, 2.24) is 0 Å². The van der Waals surface area contributed by atoms with Crippen LogP contribution < -0.4 is 4.72 Å². The number of anilines is 1. The second-order valence-corrected chi connectivity index (χ2v) is 7.22.